The maximum atomic E-state index is 12.7. The maximum absolute atomic E-state index is 12.7. The Bertz CT molecular complexity index is 788. The Hall–Kier alpha value is -2.71. The van der Waals surface area contributed by atoms with Crippen LogP contribution in [0.25, 0.3) is 0 Å². The minimum Gasteiger partial charge on any atom is -0.458 e. The van der Waals surface area contributed by atoms with Crippen LogP contribution in [0.2, 0.25) is 0 Å². The lowest BCUT2D eigenvalue weighted by Gasteiger charge is -2.26. The van der Waals surface area contributed by atoms with Crippen LogP contribution in [0.1, 0.15) is 84.9 Å². The van der Waals surface area contributed by atoms with Gasteiger partial charge in [0.2, 0.25) is 0 Å². The summed E-state index contributed by atoms with van der Waals surface area (Å²) in [7, 11) is 0. The minimum atomic E-state index is -0.998. The molecule has 0 unspecified atom stereocenters. The Morgan fingerprint density at radius 1 is 0.839 bits per heavy atom. The van der Waals surface area contributed by atoms with Crippen LogP contribution in [0.5, 0.6) is 0 Å². The van der Waals surface area contributed by atoms with Crippen LogP contribution in [0.4, 0.5) is 4.79 Å². The summed E-state index contributed by atoms with van der Waals surface area (Å²) in [5, 5.41) is 2.55. The number of hydrogen-bond donors (Lipinski definition) is 1. The maximum Gasteiger partial charge on any atom is 0.408 e. The van der Waals surface area contributed by atoms with E-state index < -0.39 is 40.9 Å². The van der Waals surface area contributed by atoms with Crippen molar-refractivity contribution < 1.29 is 28.6 Å². The fraction of sp³-hybridized carbons (Fsp3) is 0.682. The predicted octanol–water partition coefficient (Wildman–Crippen LogP) is 3.60. The summed E-state index contributed by atoms with van der Waals surface area (Å²) < 4.78 is 16.1. The van der Waals surface area contributed by atoms with Crippen molar-refractivity contribution in [3.63, 3.8) is 0 Å². The molecule has 1 amide bonds. The number of carbonyl (C=O) groups excluding carboxylic acids is 3. The van der Waals surface area contributed by atoms with E-state index in [0.717, 1.165) is 0 Å². The smallest absolute Gasteiger partial charge is 0.408 e. The first kappa shape index (κ1) is 26.3. The molecule has 1 atom stereocenters. The topological polar surface area (TPSA) is 117 Å². The van der Waals surface area contributed by atoms with Crippen LogP contribution in [0.3, 0.4) is 0 Å². The number of hydrogen-bond acceptors (Lipinski definition) is 8. The number of rotatable bonds is 6. The van der Waals surface area contributed by atoms with Gasteiger partial charge in [0.05, 0.1) is 5.69 Å². The van der Waals surface area contributed by atoms with Crippen LogP contribution in [-0.2, 0) is 25.4 Å². The highest BCUT2D eigenvalue weighted by Crippen LogP contribution is 2.16. The number of nitrogens with one attached hydrogen (secondary N) is 1. The van der Waals surface area contributed by atoms with E-state index in [0.29, 0.717) is 5.69 Å². The number of carbonyl (C=O) groups is 3. The van der Waals surface area contributed by atoms with Gasteiger partial charge in [-0.2, -0.15) is 0 Å². The molecule has 0 fully saturated rings. The highest BCUT2D eigenvalue weighted by atomic mass is 16.6. The summed E-state index contributed by atoms with van der Waals surface area (Å²) in [6.07, 6.45) is 2.42. The second-order valence-corrected chi connectivity index (χ2v) is 10.1. The average molecular weight is 438 g/mol. The summed E-state index contributed by atoms with van der Waals surface area (Å²) in [6.45, 7) is 15.6. The highest BCUT2D eigenvalue weighted by molar-refractivity contribution is 5.88. The lowest BCUT2D eigenvalue weighted by atomic mass is 10.1. The Morgan fingerprint density at radius 2 is 1.35 bits per heavy atom. The van der Waals surface area contributed by atoms with Crippen molar-refractivity contribution in [2.45, 2.75) is 98.0 Å². The molecule has 9 heteroatoms. The number of amides is 1. The summed E-state index contributed by atoms with van der Waals surface area (Å²) in [4.78, 5) is 45.7. The summed E-state index contributed by atoms with van der Waals surface area (Å²) in [5.74, 6) is -1.22. The van der Waals surface area contributed by atoms with Gasteiger partial charge in [0, 0.05) is 12.4 Å². The molecule has 0 spiro atoms. The molecule has 1 aromatic rings. The van der Waals surface area contributed by atoms with Gasteiger partial charge in [-0.05, 0) is 75.2 Å². The number of esters is 2. The molecule has 9 nitrogen and oxygen atoms in total. The van der Waals surface area contributed by atoms with Crippen LogP contribution in [0, 0.1) is 0 Å². The number of alkyl carbamates (subject to hydrolysis) is 1. The van der Waals surface area contributed by atoms with Crippen molar-refractivity contribution in [3.05, 3.63) is 23.8 Å². The zero-order valence-corrected chi connectivity index (χ0v) is 20.0. The first-order valence-electron chi connectivity index (χ1n) is 10.2. The molecule has 174 valence electrons. The third kappa shape index (κ3) is 10.8. The van der Waals surface area contributed by atoms with Crippen LogP contribution in [0.15, 0.2) is 12.4 Å². The van der Waals surface area contributed by atoms with Gasteiger partial charge >= 0.3 is 18.0 Å². The summed E-state index contributed by atoms with van der Waals surface area (Å²) in [5.41, 5.74) is -1.73. The van der Waals surface area contributed by atoms with Gasteiger partial charge in [-0.25, -0.2) is 19.4 Å². The fourth-order valence-corrected chi connectivity index (χ4v) is 2.40. The molecule has 0 aromatic carbocycles. The van der Waals surface area contributed by atoms with Crippen molar-refractivity contribution in [1.29, 1.82) is 0 Å². The SMILES string of the molecule is CC(C)(C)OC(=O)N[C@@H](CCc1nccnc1C(=O)OC(C)(C)C)C(=O)OC(C)(C)C. The van der Waals surface area contributed by atoms with E-state index in [1.807, 2.05) is 0 Å². The fourth-order valence-electron chi connectivity index (χ4n) is 2.40. The van der Waals surface area contributed by atoms with Crippen LogP contribution >= 0.6 is 0 Å². The Labute approximate surface area is 184 Å². The molecule has 1 rings (SSSR count). The molecular weight excluding hydrogens is 402 g/mol. The molecule has 0 saturated heterocycles. The van der Waals surface area contributed by atoms with Gasteiger partial charge in [0.25, 0.3) is 0 Å². The van der Waals surface area contributed by atoms with Gasteiger partial charge in [0.15, 0.2) is 5.69 Å². The highest BCUT2D eigenvalue weighted by Gasteiger charge is 2.30. The Balaban J connectivity index is 3.02. The molecule has 0 aliphatic rings. The molecule has 0 saturated carbocycles. The number of ether oxygens (including phenoxy) is 3. The Kier molecular flexibility index (Phi) is 8.55. The second kappa shape index (κ2) is 10.1. The first-order chi connectivity index (χ1) is 14.0. The van der Waals surface area contributed by atoms with Gasteiger partial charge < -0.3 is 19.5 Å². The lowest BCUT2D eigenvalue weighted by molar-refractivity contribution is -0.157. The van der Waals surface area contributed by atoms with Gasteiger partial charge in [0.1, 0.15) is 22.8 Å². The predicted molar refractivity (Wildman–Crippen MR) is 115 cm³/mol. The van der Waals surface area contributed by atoms with E-state index >= 15 is 0 Å². The lowest BCUT2D eigenvalue weighted by Crippen LogP contribution is -2.46. The largest absolute Gasteiger partial charge is 0.458 e. The summed E-state index contributed by atoms with van der Waals surface area (Å²) >= 11 is 0. The molecule has 31 heavy (non-hydrogen) atoms. The molecule has 1 heterocycles. The van der Waals surface area contributed by atoms with Crippen molar-refractivity contribution in [1.82, 2.24) is 15.3 Å². The summed E-state index contributed by atoms with van der Waals surface area (Å²) in [6, 6.07) is -0.998. The van der Waals surface area contributed by atoms with Crippen molar-refractivity contribution in [3.8, 4) is 0 Å². The van der Waals surface area contributed by atoms with E-state index in [9.17, 15) is 14.4 Å². The first-order valence-corrected chi connectivity index (χ1v) is 10.2. The Morgan fingerprint density at radius 3 is 1.87 bits per heavy atom. The molecule has 1 aromatic heterocycles. The third-order valence-corrected chi connectivity index (χ3v) is 3.42. The van der Waals surface area contributed by atoms with Gasteiger partial charge in [-0.1, -0.05) is 0 Å². The van der Waals surface area contributed by atoms with Gasteiger partial charge in [-0.15, -0.1) is 0 Å². The second-order valence-electron chi connectivity index (χ2n) is 10.1. The third-order valence-electron chi connectivity index (χ3n) is 3.42. The number of nitrogens with zero attached hydrogens (tertiary/aromatic N) is 2. The van der Waals surface area contributed by atoms with Crippen molar-refractivity contribution >= 4 is 18.0 Å². The van der Waals surface area contributed by atoms with E-state index in [1.165, 1.54) is 12.4 Å². The minimum absolute atomic E-state index is 0.0673. The monoisotopic (exact) mass is 437 g/mol. The van der Waals surface area contributed by atoms with Crippen LogP contribution < -0.4 is 5.32 Å². The quantitative estimate of drug-likeness (QED) is 0.530. The molecule has 0 aliphatic carbocycles. The van der Waals surface area contributed by atoms with Crippen molar-refractivity contribution in [2.24, 2.45) is 0 Å². The molecular formula is C22H35N3O6. The zero-order chi connectivity index (χ0) is 24.0. The van der Waals surface area contributed by atoms with E-state index in [-0.39, 0.29) is 18.5 Å². The van der Waals surface area contributed by atoms with E-state index in [1.54, 1.807) is 62.3 Å². The molecule has 0 aliphatic heterocycles. The zero-order valence-electron chi connectivity index (χ0n) is 20.0. The normalized spacial score (nSPS) is 13.2. The number of aromatic nitrogens is 2. The van der Waals surface area contributed by atoms with E-state index in [4.69, 9.17) is 14.2 Å². The number of aryl methyl sites for hydroxylation is 1. The molecule has 0 radical (unpaired) electrons. The molecule has 1 N–H and O–H groups in total. The average Bonchev–Trinajstić information content (AvgIpc) is 2.54. The standard InChI is InChI=1S/C22H35N3O6/c1-20(2,3)29-17(26)15(25-19(28)31-22(7,8)9)11-10-14-16(24-13-12-23-14)18(27)30-21(4,5)6/h12-13,15H,10-11H2,1-9H3,(H,25,28)/t15-/m0/s1. The van der Waals surface area contributed by atoms with Gasteiger partial charge in [-0.3, -0.25) is 4.98 Å². The van der Waals surface area contributed by atoms with E-state index in [2.05, 4.69) is 15.3 Å². The molecule has 0 bridgehead atoms. The van der Waals surface area contributed by atoms with Crippen molar-refractivity contribution in [2.75, 3.05) is 0 Å². The van der Waals surface area contributed by atoms with Crippen LogP contribution in [-0.4, -0.2) is 50.8 Å².